The van der Waals surface area contributed by atoms with Crippen LogP contribution in [0.1, 0.15) is 23.2 Å². The molecule has 0 aliphatic heterocycles. The summed E-state index contributed by atoms with van der Waals surface area (Å²) >= 11 is 0. The first-order chi connectivity index (χ1) is 5.66. The monoisotopic (exact) mass is 168 g/mol. The predicted octanol–water partition coefficient (Wildman–Crippen LogP) is 0.386. The maximum atomic E-state index is 11.0. The van der Waals surface area contributed by atoms with Crippen molar-refractivity contribution in [3.05, 3.63) is 17.7 Å². The summed E-state index contributed by atoms with van der Waals surface area (Å²) in [5, 5.41) is 8.71. The topological polar surface area (TPSA) is 55.1 Å². The van der Waals surface area contributed by atoms with E-state index in [-0.39, 0.29) is 12.4 Å². The Morgan fingerprint density at radius 3 is 2.92 bits per heavy atom. The number of carbonyl (C=O) groups excluding carboxylic acids is 1. The molecule has 0 radical (unpaired) electrons. The molecule has 0 aliphatic rings. The number of imidazole rings is 1. The molecule has 1 aromatic rings. The molecule has 1 N–H and O–H groups in total. The van der Waals surface area contributed by atoms with Gasteiger partial charge >= 0.3 is 0 Å². The number of rotatable bonds is 3. The van der Waals surface area contributed by atoms with Gasteiger partial charge in [-0.3, -0.25) is 4.79 Å². The van der Waals surface area contributed by atoms with Gasteiger partial charge < -0.3 is 9.67 Å². The zero-order valence-electron chi connectivity index (χ0n) is 7.24. The van der Waals surface area contributed by atoms with Crippen molar-refractivity contribution in [1.82, 2.24) is 9.55 Å². The van der Waals surface area contributed by atoms with Crippen molar-refractivity contribution in [2.45, 2.75) is 20.4 Å². The Morgan fingerprint density at radius 1 is 1.75 bits per heavy atom. The predicted molar refractivity (Wildman–Crippen MR) is 44.1 cm³/mol. The number of Topliss-reactive ketones (excluding diaryl/α,β-unsaturated/α-hetero) is 1. The van der Waals surface area contributed by atoms with Crippen molar-refractivity contribution in [3.8, 4) is 0 Å². The number of hydrogen-bond donors (Lipinski definition) is 1. The fourth-order valence-corrected chi connectivity index (χ4v) is 1.13. The number of carbonyl (C=O) groups is 1. The Balaban J connectivity index is 3.03. The molecule has 66 valence electrons. The summed E-state index contributed by atoms with van der Waals surface area (Å²) in [5.74, 6) is 0.735. The minimum atomic E-state index is -0.0240. The minimum absolute atomic E-state index is 0.0240. The molecule has 4 nitrogen and oxygen atoms in total. The van der Waals surface area contributed by atoms with E-state index < -0.39 is 0 Å². The lowest BCUT2D eigenvalue weighted by molar-refractivity contribution is 0.100. The van der Waals surface area contributed by atoms with Gasteiger partial charge in [-0.25, -0.2) is 4.98 Å². The van der Waals surface area contributed by atoms with Gasteiger partial charge in [0.05, 0.1) is 12.8 Å². The van der Waals surface area contributed by atoms with Crippen LogP contribution in [-0.2, 0) is 6.54 Å². The number of aryl methyl sites for hydroxylation is 1. The molecule has 12 heavy (non-hydrogen) atoms. The second-order valence-electron chi connectivity index (χ2n) is 2.62. The molecule has 4 heteroatoms. The van der Waals surface area contributed by atoms with Gasteiger partial charge in [-0.05, 0) is 6.92 Å². The van der Waals surface area contributed by atoms with E-state index >= 15 is 0 Å². The third-order valence-electron chi connectivity index (χ3n) is 1.74. The van der Waals surface area contributed by atoms with Crippen LogP contribution in [-0.4, -0.2) is 27.0 Å². The van der Waals surface area contributed by atoms with E-state index in [0.717, 1.165) is 5.82 Å². The molecule has 1 rings (SSSR count). The van der Waals surface area contributed by atoms with Gasteiger partial charge in [-0.2, -0.15) is 0 Å². The van der Waals surface area contributed by atoms with Crippen LogP contribution in [0, 0.1) is 6.92 Å². The summed E-state index contributed by atoms with van der Waals surface area (Å²) in [6, 6.07) is 0. The highest BCUT2D eigenvalue weighted by Gasteiger charge is 2.08. The zero-order chi connectivity index (χ0) is 9.14. The standard InChI is InChI=1S/C8H12N2O2/c1-6(12)8-5-9-7(2)10(8)3-4-11/h5,11H,3-4H2,1-2H3. The van der Waals surface area contributed by atoms with Crippen molar-refractivity contribution in [2.75, 3.05) is 6.61 Å². The molecule has 0 spiro atoms. The van der Waals surface area contributed by atoms with Crippen LogP contribution in [0.15, 0.2) is 6.20 Å². The van der Waals surface area contributed by atoms with E-state index in [2.05, 4.69) is 4.98 Å². The quantitative estimate of drug-likeness (QED) is 0.664. The SMILES string of the molecule is CC(=O)c1cnc(C)n1CCO. The second kappa shape index (κ2) is 3.49. The van der Waals surface area contributed by atoms with Crippen LogP contribution in [0.2, 0.25) is 0 Å². The van der Waals surface area contributed by atoms with E-state index in [1.165, 1.54) is 13.1 Å². The lowest BCUT2D eigenvalue weighted by atomic mass is 10.3. The van der Waals surface area contributed by atoms with Gasteiger partial charge in [0.25, 0.3) is 0 Å². The molecule has 0 fully saturated rings. The molecule has 0 amide bonds. The Bertz CT molecular complexity index is 291. The largest absolute Gasteiger partial charge is 0.395 e. The van der Waals surface area contributed by atoms with Crippen LogP contribution >= 0.6 is 0 Å². The van der Waals surface area contributed by atoms with Gasteiger partial charge in [-0.15, -0.1) is 0 Å². The van der Waals surface area contributed by atoms with Crippen molar-refractivity contribution in [3.63, 3.8) is 0 Å². The number of aliphatic hydroxyl groups excluding tert-OH is 1. The summed E-state index contributed by atoms with van der Waals surface area (Å²) in [6.45, 7) is 3.75. The number of aromatic nitrogens is 2. The molecular weight excluding hydrogens is 156 g/mol. The lowest BCUT2D eigenvalue weighted by Gasteiger charge is -2.04. The summed E-state index contributed by atoms with van der Waals surface area (Å²) in [6.07, 6.45) is 1.54. The molecule has 0 atom stereocenters. The first-order valence-corrected chi connectivity index (χ1v) is 3.80. The van der Waals surface area contributed by atoms with Gasteiger partial charge in [0, 0.05) is 13.5 Å². The van der Waals surface area contributed by atoms with Gasteiger partial charge in [0.15, 0.2) is 5.78 Å². The Kier molecular flexibility index (Phi) is 2.60. The maximum Gasteiger partial charge on any atom is 0.177 e. The number of hydrogen-bond acceptors (Lipinski definition) is 3. The van der Waals surface area contributed by atoms with Crippen molar-refractivity contribution >= 4 is 5.78 Å². The van der Waals surface area contributed by atoms with Gasteiger partial charge in [-0.1, -0.05) is 0 Å². The molecule has 0 unspecified atom stereocenters. The molecule has 0 bridgehead atoms. The molecule has 0 aliphatic carbocycles. The molecule has 0 saturated carbocycles. The van der Waals surface area contributed by atoms with E-state index in [1.54, 1.807) is 4.57 Å². The Hall–Kier alpha value is -1.16. The third kappa shape index (κ3) is 1.53. The molecule has 1 heterocycles. The highest BCUT2D eigenvalue weighted by atomic mass is 16.3. The number of aliphatic hydroxyl groups is 1. The molecule has 1 aromatic heterocycles. The normalized spacial score (nSPS) is 10.2. The van der Waals surface area contributed by atoms with Crippen LogP contribution in [0.25, 0.3) is 0 Å². The summed E-state index contributed by atoms with van der Waals surface area (Å²) in [4.78, 5) is 15.0. The molecule has 0 aromatic carbocycles. The third-order valence-corrected chi connectivity index (χ3v) is 1.74. The van der Waals surface area contributed by atoms with E-state index in [4.69, 9.17) is 5.11 Å². The van der Waals surface area contributed by atoms with Crippen molar-refractivity contribution < 1.29 is 9.90 Å². The summed E-state index contributed by atoms with van der Waals surface area (Å²) < 4.78 is 1.71. The number of ketones is 1. The fourth-order valence-electron chi connectivity index (χ4n) is 1.13. The minimum Gasteiger partial charge on any atom is -0.395 e. The molecular formula is C8H12N2O2. The van der Waals surface area contributed by atoms with Crippen molar-refractivity contribution in [1.29, 1.82) is 0 Å². The van der Waals surface area contributed by atoms with Crippen LogP contribution < -0.4 is 0 Å². The fraction of sp³-hybridized carbons (Fsp3) is 0.500. The summed E-state index contributed by atoms with van der Waals surface area (Å²) in [7, 11) is 0. The van der Waals surface area contributed by atoms with Crippen LogP contribution in [0.5, 0.6) is 0 Å². The van der Waals surface area contributed by atoms with E-state index in [0.29, 0.717) is 12.2 Å². The van der Waals surface area contributed by atoms with Crippen LogP contribution in [0.4, 0.5) is 0 Å². The second-order valence-corrected chi connectivity index (χ2v) is 2.62. The van der Waals surface area contributed by atoms with Gasteiger partial charge in [0.1, 0.15) is 11.5 Å². The van der Waals surface area contributed by atoms with Gasteiger partial charge in [0.2, 0.25) is 0 Å². The van der Waals surface area contributed by atoms with E-state index in [1.807, 2.05) is 6.92 Å². The Morgan fingerprint density at radius 2 is 2.42 bits per heavy atom. The van der Waals surface area contributed by atoms with E-state index in [9.17, 15) is 4.79 Å². The zero-order valence-corrected chi connectivity index (χ0v) is 7.24. The highest BCUT2D eigenvalue weighted by molar-refractivity contribution is 5.92. The first kappa shape index (κ1) is 8.93. The Labute approximate surface area is 70.9 Å². The number of nitrogens with zero attached hydrogens (tertiary/aromatic N) is 2. The summed E-state index contributed by atoms with van der Waals surface area (Å²) in [5.41, 5.74) is 0.557. The van der Waals surface area contributed by atoms with Crippen molar-refractivity contribution in [2.24, 2.45) is 0 Å². The smallest absolute Gasteiger partial charge is 0.177 e. The highest BCUT2D eigenvalue weighted by Crippen LogP contribution is 2.04. The average Bonchev–Trinajstić information content (AvgIpc) is 2.34. The first-order valence-electron chi connectivity index (χ1n) is 3.80. The van der Waals surface area contributed by atoms with Crippen LogP contribution in [0.3, 0.4) is 0 Å². The lowest BCUT2D eigenvalue weighted by Crippen LogP contribution is -2.10. The molecule has 0 saturated heterocycles. The maximum absolute atomic E-state index is 11.0. The average molecular weight is 168 g/mol.